The zero-order chi connectivity index (χ0) is 13.9. The van der Waals surface area contributed by atoms with Gasteiger partial charge in [0.15, 0.2) is 0 Å². The van der Waals surface area contributed by atoms with Gasteiger partial charge in [-0.2, -0.15) is 0 Å². The summed E-state index contributed by atoms with van der Waals surface area (Å²) < 4.78 is 3.81. The summed E-state index contributed by atoms with van der Waals surface area (Å²) >= 11 is 1.12. The molecule has 0 unspecified atom stereocenters. The summed E-state index contributed by atoms with van der Waals surface area (Å²) in [6.45, 7) is 2.31. The van der Waals surface area contributed by atoms with Crippen LogP contribution in [0.15, 0.2) is 24.3 Å². The highest BCUT2D eigenvalue weighted by Crippen LogP contribution is 2.12. The number of H-pyrrole nitrogens is 1. The van der Waals surface area contributed by atoms with Crippen LogP contribution in [0.2, 0.25) is 0 Å². The summed E-state index contributed by atoms with van der Waals surface area (Å²) in [7, 11) is 0. The van der Waals surface area contributed by atoms with E-state index in [1.54, 1.807) is 0 Å². The van der Waals surface area contributed by atoms with Crippen molar-refractivity contribution in [2.45, 2.75) is 19.9 Å². The van der Waals surface area contributed by atoms with Crippen molar-refractivity contribution in [2.75, 3.05) is 0 Å². The highest BCUT2D eigenvalue weighted by atomic mass is 32.1. The standard InChI is InChI=1S/C13H13N5OS/c1-2-8-12(20-18-17-8)13(19)14-7-11-15-9-5-3-4-6-10(9)16-11/h3-6H,2,7H2,1H3,(H,14,19)(H,15,16). The van der Waals surface area contributed by atoms with E-state index in [9.17, 15) is 4.79 Å². The van der Waals surface area contributed by atoms with Crippen molar-refractivity contribution < 1.29 is 4.79 Å². The average Bonchev–Trinajstić information content (AvgIpc) is 3.10. The third-order valence-electron chi connectivity index (χ3n) is 2.95. The van der Waals surface area contributed by atoms with E-state index in [4.69, 9.17) is 0 Å². The quantitative estimate of drug-likeness (QED) is 0.767. The van der Waals surface area contributed by atoms with Crippen molar-refractivity contribution >= 4 is 28.5 Å². The van der Waals surface area contributed by atoms with Crippen LogP contribution in [0.1, 0.15) is 28.1 Å². The average molecular weight is 287 g/mol. The number of carbonyl (C=O) groups excluding carboxylic acids is 1. The van der Waals surface area contributed by atoms with Gasteiger partial charge in [-0.05, 0) is 30.1 Å². The lowest BCUT2D eigenvalue weighted by Gasteiger charge is -2.01. The van der Waals surface area contributed by atoms with Gasteiger partial charge in [0.05, 0.1) is 23.3 Å². The molecule has 2 aromatic heterocycles. The molecule has 3 aromatic rings. The number of hydrogen-bond acceptors (Lipinski definition) is 5. The Kier molecular flexibility index (Phi) is 3.42. The van der Waals surface area contributed by atoms with E-state index >= 15 is 0 Å². The van der Waals surface area contributed by atoms with Crippen LogP contribution >= 0.6 is 11.5 Å². The predicted molar refractivity (Wildman–Crippen MR) is 76.6 cm³/mol. The second-order valence-corrected chi connectivity index (χ2v) is 5.04. The molecule has 7 heteroatoms. The molecule has 102 valence electrons. The Morgan fingerprint density at radius 1 is 1.40 bits per heavy atom. The summed E-state index contributed by atoms with van der Waals surface area (Å²) in [5, 5.41) is 6.76. The first-order valence-electron chi connectivity index (χ1n) is 6.31. The van der Waals surface area contributed by atoms with Gasteiger partial charge >= 0.3 is 0 Å². The first-order chi connectivity index (χ1) is 9.78. The number of fused-ring (bicyclic) bond motifs is 1. The number of imidazole rings is 1. The summed E-state index contributed by atoms with van der Waals surface area (Å²) in [6.07, 6.45) is 0.698. The first-order valence-corrected chi connectivity index (χ1v) is 7.08. The van der Waals surface area contributed by atoms with Gasteiger partial charge in [-0.1, -0.05) is 23.5 Å². The molecular formula is C13H13N5OS. The largest absolute Gasteiger partial charge is 0.344 e. The summed E-state index contributed by atoms with van der Waals surface area (Å²) in [5.41, 5.74) is 2.59. The normalized spacial score (nSPS) is 10.8. The molecule has 1 aromatic carbocycles. The number of benzene rings is 1. The molecule has 0 aliphatic rings. The summed E-state index contributed by atoms with van der Waals surface area (Å²) in [4.78, 5) is 20.2. The molecule has 0 bridgehead atoms. The number of aromatic amines is 1. The molecule has 6 nitrogen and oxygen atoms in total. The van der Waals surface area contributed by atoms with Crippen molar-refractivity contribution in [2.24, 2.45) is 0 Å². The lowest BCUT2D eigenvalue weighted by Crippen LogP contribution is -2.23. The molecule has 0 fully saturated rings. The van der Waals surface area contributed by atoms with Gasteiger partial charge in [-0.3, -0.25) is 4.79 Å². The number of aromatic nitrogens is 4. The van der Waals surface area contributed by atoms with Crippen LogP contribution in [-0.2, 0) is 13.0 Å². The molecule has 0 spiro atoms. The minimum absolute atomic E-state index is 0.155. The van der Waals surface area contributed by atoms with Crippen molar-refractivity contribution in [1.29, 1.82) is 0 Å². The molecule has 1 amide bonds. The van der Waals surface area contributed by atoms with Crippen LogP contribution in [0.25, 0.3) is 11.0 Å². The molecule has 3 rings (SSSR count). The Morgan fingerprint density at radius 3 is 3.05 bits per heavy atom. The molecule has 0 aliphatic heterocycles. The van der Waals surface area contributed by atoms with E-state index in [-0.39, 0.29) is 5.91 Å². The Balaban J connectivity index is 1.71. The molecule has 2 heterocycles. The zero-order valence-corrected chi connectivity index (χ0v) is 11.7. The molecule has 20 heavy (non-hydrogen) atoms. The monoisotopic (exact) mass is 287 g/mol. The van der Waals surface area contributed by atoms with Crippen LogP contribution in [0, 0.1) is 0 Å². The van der Waals surface area contributed by atoms with Gasteiger partial charge < -0.3 is 10.3 Å². The minimum atomic E-state index is -0.155. The Morgan fingerprint density at radius 2 is 2.25 bits per heavy atom. The SMILES string of the molecule is CCc1nnsc1C(=O)NCc1nc2ccccc2[nH]1. The molecule has 0 atom stereocenters. The van der Waals surface area contributed by atoms with E-state index in [1.807, 2.05) is 31.2 Å². The van der Waals surface area contributed by atoms with Crippen LogP contribution in [0.4, 0.5) is 0 Å². The highest BCUT2D eigenvalue weighted by molar-refractivity contribution is 7.08. The number of rotatable bonds is 4. The number of aryl methyl sites for hydroxylation is 1. The Hall–Kier alpha value is -2.28. The third kappa shape index (κ3) is 2.39. The molecular weight excluding hydrogens is 274 g/mol. The first kappa shape index (κ1) is 12.7. The molecule has 0 radical (unpaired) electrons. The zero-order valence-electron chi connectivity index (χ0n) is 10.9. The second kappa shape index (κ2) is 5.38. The second-order valence-electron chi connectivity index (χ2n) is 4.29. The fraction of sp³-hybridized carbons (Fsp3) is 0.231. The van der Waals surface area contributed by atoms with Crippen LogP contribution < -0.4 is 5.32 Å². The van der Waals surface area contributed by atoms with Crippen molar-refractivity contribution in [1.82, 2.24) is 24.9 Å². The van der Waals surface area contributed by atoms with Gasteiger partial charge in [0.25, 0.3) is 5.91 Å². The molecule has 0 saturated carbocycles. The number of hydrogen-bond donors (Lipinski definition) is 2. The smallest absolute Gasteiger partial charge is 0.265 e. The summed E-state index contributed by atoms with van der Waals surface area (Å²) in [5.74, 6) is 0.576. The van der Waals surface area contributed by atoms with E-state index in [0.29, 0.717) is 17.8 Å². The van der Waals surface area contributed by atoms with Crippen LogP contribution in [0.3, 0.4) is 0 Å². The lowest BCUT2D eigenvalue weighted by molar-refractivity contribution is 0.0953. The van der Waals surface area contributed by atoms with Gasteiger partial charge in [0.2, 0.25) is 0 Å². The van der Waals surface area contributed by atoms with E-state index in [2.05, 4.69) is 24.9 Å². The van der Waals surface area contributed by atoms with E-state index in [0.717, 1.165) is 34.1 Å². The Bertz CT molecular complexity index is 715. The number of carbonyl (C=O) groups is 1. The van der Waals surface area contributed by atoms with Gasteiger partial charge in [0, 0.05) is 0 Å². The number of para-hydroxylation sites is 2. The van der Waals surface area contributed by atoms with Gasteiger partial charge in [-0.15, -0.1) is 5.10 Å². The van der Waals surface area contributed by atoms with E-state index in [1.165, 1.54) is 0 Å². The highest BCUT2D eigenvalue weighted by Gasteiger charge is 2.15. The predicted octanol–water partition coefficient (Wildman–Crippen LogP) is 1.91. The van der Waals surface area contributed by atoms with Crippen molar-refractivity contribution in [3.05, 3.63) is 40.7 Å². The summed E-state index contributed by atoms with van der Waals surface area (Å²) in [6, 6.07) is 7.76. The fourth-order valence-electron chi connectivity index (χ4n) is 1.95. The molecule has 0 saturated heterocycles. The molecule has 2 N–H and O–H groups in total. The van der Waals surface area contributed by atoms with Crippen LogP contribution in [0.5, 0.6) is 0 Å². The van der Waals surface area contributed by atoms with Crippen molar-refractivity contribution in [3.8, 4) is 0 Å². The van der Waals surface area contributed by atoms with Gasteiger partial charge in [-0.25, -0.2) is 4.98 Å². The number of nitrogens with zero attached hydrogens (tertiary/aromatic N) is 3. The van der Waals surface area contributed by atoms with E-state index < -0.39 is 0 Å². The minimum Gasteiger partial charge on any atom is -0.344 e. The van der Waals surface area contributed by atoms with Gasteiger partial charge in [0.1, 0.15) is 10.7 Å². The van der Waals surface area contributed by atoms with Crippen LogP contribution in [-0.4, -0.2) is 25.5 Å². The molecule has 0 aliphatic carbocycles. The maximum atomic E-state index is 12.1. The maximum absolute atomic E-state index is 12.1. The maximum Gasteiger partial charge on any atom is 0.265 e. The van der Waals surface area contributed by atoms with Crippen molar-refractivity contribution in [3.63, 3.8) is 0 Å². The third-order valence-corrected chi connectivity index (χ3v) is 3.72. The topological polar surface area (TPSA) is 83.6 Å². The lowest BCUT2D eigenvalue weighted by atomic mass is 10.3. The fourth-order valence-corrected chi connectivity index (χ4v) is 2.61. The Labute approximate surface area is 119 Å². The number of amides is 1. The number of nitrogens with one attached hydrogen (secondary N) is 2.